The van der Waals surface area contributed by atoms with Crippen LogP contribution in [0.1, 0.15) is 31.5 Å². The molecule has 1 amide bonds. The number of aromatic nitrogens is 4. The van der Waals surface area contributed by atoms with Gasteiger partial charge in [0, 0.05) is 28.4 Å². The highest BCUT2D eigenvalue weighted by molar-refractivity contribution is 7.09. The summed E-state index contributed by atoms with van der Waals surface area (Å²) in [5.74, 6) is 0.780. The summed E-state index contributed by atoms with van der Waals surface area (Å²) in [4.78, 5) is 16.9. The zero-order valence-corrected chi connectivity index (χ0v) is 14.9. The van der Waals surface area contributed by atoms with Crippen LogP contribution in [0, 0.1) is 0 Å². The van der Waals surface area contributed by atoms with Gasteiger partial charge in [-0.25, -0.2) is 9.67 Å². The van der Waals surface area contributed by atoms with Gasteiger partial charge in [-0.15, -0.1) is 11.3 Å². The average molecular weight is 343 g/mol. The van der Waals surface area contributed by atoms with Crippen molar-refractivity contribution in [2.45, 2.75) is 39.3 Å². The Morgan fingerprint density at radius 2 is 2.12 bits per heavy atom. The maximum atomic E-state index is 11.2. The first-order chi connectivity index (χ1) is 11.3. The van der Waals surface area contributed by atoms with E-state index in [9.17, 15) is 4.79 Å². The third kappa shape index (κ3) is 3.56. The SMILES string of the molecule is CC(C)(C)n1ccc(-c2nc(CC(N)=O)nn2Cc2cccs2)c1. The Morgan fingerprint density at radius 1 is 1.33 bits per heavy atom. The number of thiophene rings is 1. The number of hydrogen-bond acceptors (Lipinski definition) is 4. The van der Waals surface area contributed by atoms with Crippen molar-refractivity contribution in [3.05, 3.63) is 46.7 Å². The van der Waals surface area contributed by atoms with Crippen LogP contribution in [0.2, 0.25) is 0 Å². The second-order valence-corrected chi connectivity index (χ2v) is 7.74. The largest absolute Gasteiger partial charge is 0.369 e. The molecule has 24 heavy (non-hydrogen) atoms. The van der Waals surface area contributed by atoms with Crippen molar-refractivity contribution in [2.24, 2.45) is 5.73 Å². The Kier molecular flexibility index (Phi) is 4.28. The van der Waals surface area contributed by atoms with Crippen molar-refractivity contribution < 1.29 is 4.79 Å². The summed E-state index contributed by atoms with van der Waals surface area (Å²) < 4.78 is 3.98. The van der Waals surface area contributed by atoms with E-state index in [0.29, 0.717) is 12.4 Å². The minimum Gasteiger partial charge on any atom is -0.369 e. The van der Waals surface area contributed by atoms with Crippen LogP contribution in [0.5, 0.6) is 0 Å². The number of nitrogens with zero attached hydrogens (tertiary/aromatic N) is 4. The Balaban J connectivity index is 1.99. The Labute approximate surface area is 144 Å². The summed E-state index contributed by atoms with van der Waals surface area (Å²) in [6.45, 7) is 7.06. The van der Waals surface area contributed by atoms with Gasteiger partial charge in [-0.05, 0) is 38.3 Å². The van der Waals surface area contributed by atoms with Crippen molar-refractivity contribution in [2.75, 3.05) is 0 Å². The number of amides is 1. The van der Waals surface area contributed by atoms with Crippen molar-refractivity contribution in [1.29, 1.82) is 0 Å². The lowest BCUT2D eigenvalue weighted by atomic mass is 10.1. The molecule has 6 nitrogen and oxygen atoms in total. The molecule has 7 heteroatoms. The number of primary amides is 1. The number of rotatable bonds is 5. The van der Waals surface area contributed by atoms with E-state index in [-0.39, 0.29) is 12.0 Å². The number of carbonyl (C=O) groups excluding carboxylic acids is 1. The van der Waals surface area contributed by atoms with E-state index in [4.69, 9.17) is 5.73 Å². The molecule has 0 saturated carbocycles. The summed E-state index contributed by atoms with van der Waals surface area (Å²) in [6.07, 6.45) is 4.14. The highest BCUT2D eigenvalue weighted by Gasteiger charge is 2.18. The minimum absolute atomic E-state index is 0.00704. The van der Waals surface area contributed by atoms with E-state index in [1.807, 2.05) is 28.4 Å². The van der Waals surface area contributed by atoms with Gasteiger partial charge in [0.2, 0.25) is 5.91 Å². The lowest BCUT2D eigenvalue weighted by molar-refractivity contribution is -0.117. The molecule has 0 fully saturated rings. The zero-order valence-electron chi connectivity index (χ0n) is 14.1. The van der Waals surface area contributed by atoms with Gasteiger partial charge in [-0.2, -0.15) is 5.10 Å². The normalized spacial score (nSPS) is 11.8. The van der Waals surface area contributed by atoms with Crippen molar-refractivity contribution in [3.63, 3.8) is 0 Å². The maximum Gasteiger partial charge on any atom is 0.225 e. The molecule has 2 N–H and O–H groups in total. The van der Waals surface area contributed by atoms with E-state index >= 15 is 0 Å². The number of hydrogen-bond donors (Lipinski definition) is 1. The molecule has 0 radical (unpaired) electrons. The lowest BCUT2D eigenvalue weighted by Gasteiger charge is -2.20. The smallest absolute Gasteiger partial charge is 0.225 e. The molecule has 0 aliphatic heterocycles. The Morgan fingerprint density at radius 3 is 2.71 bits per heavy atom. The molecule has 0 aromatic carbocycles. The highest BCUT2D eigenvalue weighted by Crippen LogP contribution is 2.24. The van der Waals surface area contributed by atoms with E-state index in [0.717, 1.165) is 11.4 Å². The van der Waals surface area contributed by atoms with Gasteiger partial charge < -0.3 is 10.3 Å². The maximum absolute atomic E-state index is 11.2. The average Bonchev–Trinajstić information content (AvgIpc) is 3.17. The predicted octanol–water partition coefficient (Wildman–Crippen LogP) is 2.64. The molecule has 3 rings (SSSR count). The zero-order chi connectivity index (χ0) is 17.3. The first-order valence-corrected chi connectivity index (χ1v) is 8.64. The van der Waals surface area contributed by atoms with Crippen molar-refractivity contribution in [3.8, 4) is 11.4 Å². The number of nitrogens with two attached hydrogens (primary N) is 1. The van der Waals surface area contributed by atoms with Crippen LogP contribution < -0.4 is 5.73 Å². The lowest BCUT2D eigenvalue weighted by Crippen LogP contribution is -2.19. The second kappa shape index (κ2) is 6.24. The molecule has 0 aliphatic rings. The van der Waals surface area contributed by atoms with Crippen LogP contribution in [0.4, 0.5) is 0 Å². The molecular weight excluding hydrogens is 322 g/mol. The third-order valence-corrected chi connectivity index (χ3v) is 4.52. The first kappa shape index (κ1) is 16.4. The molecule has 0 bridgehead atoms. The molecule has 3 heterocycles. The van der Waals surface area contributed by atoms with E-state index in [1.165, 1.54) is 4.88 Å². The van der Waals surface area contributed by atoms with Gasteiger partial charge in [0.05, 0.1) is 13.0 Å². The summed E-state index contributed by atoms with van der Waals surface area (Å²) >= 11 is 1.67. The molecule has 126 valence electrons. The van der Waals surface area contributed by atoms with Gasteiger partial charge in [0.25, 0.3) is 0 Å². The van der Waals surface area contributed by atoms with Crippen LogP contribution >= 0.6 is 11.3 Å². The molecule has 0 unspecified atom stereocenters. The fraction of sp³-hybridized carbons (Fsp3) is 0.353. The molecule has 0 saturated heterocycles. The topological polar surface area (TPSA) is 78.7 Å². The summed E-state index contributed by atoms with van der Waals surface area (Å²) in [6, 6.07) is 6.09. The van der Waals surface area contributed by atoms with E-state index in [2.05, 4.69) is 47.7 Å². The molecule has 3 aromatic rings. The van der Waals surface area contributed by atoms with E-state index < -0.39 is 5.91 Å². The van der Waals surface area contributed by atoms with Gasteiger partial charge in [0.15, 0.2) is 11.6 Å². The quantitative estimate of drug-likeness (QED) is 0.773. The highest BCUT2D eigenvalue weighted by atomic mass is 32.1. The fourth-order valence-electron chi connectivity index (χ4n) is 2.44. The Hall–Kier alpha value is -2.41. The third-order valence-electron chi connectivity index (χ3n) is 3.66. The van der Waals surface area contributed by atoms with Gasteiger partial charge in [-0.1, -0.05) is 6.07 Å². The van der Waals surface area contributed by atoms with Crippen molar-refractivity contribution >= 4 is 17.2 Å². The molecule has 0 aliphatic carbocycles. The summed E-state index contributed by atoms with van der Waals surface area (Å²) in [7, 11) is 0. The number of carbonyl (C=O) groups is 1. The van der Waals surface area contributed by atoms with Crippen molar-refractivity contribution in [1.82, 2.24) is 19.3 Å². The first-order valence-electron chi connectivity index (χ1n) is 7.76. The Bertz CT molecular complexity index is 839. The molecular formula is C17H21N5OS. The van der Waals surface area contributed by atoms with Gasteiger partial charge in [0.1, 0.15) is 0 Å². The second-order valence-electron chi connectivity index (χ2n) is 6.71. The summed E-state index contributed by atoms with van der Waals surface area (Å²) in [5.41, 5.74) is 6.26. The summed E-state index contributed by atoms with van der Waals surface area (Å²) in [5, 5.41) is 6.51. The predicted molar refractivity (Wildman–Crippen MR) is 94.8 cm³/mol. The van der Waals surface area contributed by atoms with Crippen LogP contribution in [0.15, 0.2) is 36.0 Å². The molecule has 0 spiro atoms. The van der Waals surface area contributed by atoms with Gasteiger partial charge in [-0.3, -0.25) is 4.79 Å². The molecule has 0 atom stereocenters. The van der Waals surface area contributed by atoms with E-state index in [1.54, 1.807) is 11.3 Å². The standard InChI is InChI=1S/C17H21N5OS/c1-17(2,3)21-7-6-12(10-21)16-19-15(9-14(18)23)20-22(16)11-13-5-4-8-24-13/h4-8,10H,9,11H2,1-3H3,(H2,18,23). The van der Waals surface area contributed by atoms with Crippen LogP contribution in [-0.4, -0.2) is 25.2 Å². The minimum atomic E-state index is -0.429. The monoisotopic (exact) mass is 343 g/mol. The fourth-order valence-corrected chi connectivity index (χ4v) is 3.13. The van der Waals surface area contributed by atoms with Crippen LogP contribution in [0.25, 0.3) is 11.4 Å². The van der Waals surface area contributed by atoms with Crippen LogP contribution in [0.3, 0.4) is 0 Å². The van der Waals surface area contributed by atoms with Crippen LogP contribution in [-0.2, 0) is 23.3 Å². The van der Waals surface area contributed by atoms with Gasteiger partial charge >= 0.3 is 0 Å². The molecule has 3 aromatic heterocycles.